The predicted molar refractivity (Wildman–Crippen MR) is 342 cm³/mol. The fourth-order valence-corrected chi connectivity index (χ4v) is 11.5. The van der Waals surface area contributed by atoms with E-state index in [1.807, 2.05) is 105 Å². The van der Waals surface area contributed by atoms with Crippen molar-refractivity contribution in [1.29, 1.82) is 0 Å². The highest BCUT2D eigenvalue weighted by Gasteiger charge is 2.38. The van der Waals surface area contributed by atoms with Crippen LogP contribution in [-0.2, 0) is 21.7 Å². The van der Waals surface area contributed by atoms with Gasteiger partial charge in [0.05, 0.1) is 48.7 Å². The Morgan fingerprint density at radius 3 is 1.86 bits per heavy atom. The van der Waals surface area contributed by atoms with Crippen LogP contribution >= 0.6 is 0 Å². The smallest absolute Gasteiger partial charge is 0.137 e. The molecule has 9 aromatic carbocycles. The monoisotopic (exact) mass is 1070 g/mol. The lowest BCUT2D eigenvalue weighted by atomic mass is 9.63. The van der Waals surface area contributed by atoms with Gasteiger partial charge in [-0.05, 0) is 175 Å². The van der Waals surface area contributed by atoms with Crippen LogP contribution in [0.15, 0.2) is 218 Å². The van der Waals surface area contributed by atoms with Gasteiger partial charge in [-0.3, -0.25) is 4.57 Å². The highest BCUT2D eigenvalue weighted by molar-refractivity contribution is 6.09. The molecule has 1 aliphatic heterocycles. The van der Waals surface area contributed by atoms with Gasteiger partial charge in [-0.2, -0.15) is 0 Å². The number of aromatic nitrogens is 2. The Morgan fingerprint density at radius 2 is 1.12 bits per heavy atom. The van der Waals surface area contributed by atoms with E-state index in [2.05, 4.69) is 53.4 Å². The summed E-state index contributed by atoms with van der Waals surface area (Å²) < 4.78 is 151. The fourth-order valence-electron chi connectivity index (χ4n) is 11.5. The van der Waals surface area contributed by atoms with Crippen LogP contribution in [0.25, 0.3) is 72.1 Å². The number of anilines is 4. The second kappa shape index (κ2) is 19.6. The maximum atomic E-state index is 10.6. The predicted octanol–water partition coefficient (Wildman–Crippen LogP) is 20.8. The molecule has 13 rings (SSSR count). The third-order valence-corrected chi connectivity index (χ3v) is 16.2. The molecule has 2 aliphatic rings. The molecule has 0 saturated heterocycles. The number of hydrogen-bond donors (Lipinski definition) is 0. The quantitative estimate of drug-likeness (QED) is 0.144. The molecule has 5 nitrogen and oxygen atoms in total. The van der Waals surface area contributed by atoms with Crippen molar-refractivity contribution < 1.29 is 25.3 Å². The van der Waals surface area contributed by atoms with Gasteiger partial charge in [0, 0.05) is 45.9 Å². The van der Waals surface area contributed by atoms with Gasteiger partial charge in [0.15, 0.2) is 0 Å². The minimum Gasteiger partial charge on any atom is -0.457 e. The number of nitrogens with zero attached hydrogens (tertiary/aromatic N) is 4. The van der Waals surface area contributed by atoms with E-state index >= 15 is 0 Å². The molecule has 11 aromatic rings. The average molecular weight is 1070 g/mol. The maximum absolute atomic E-state index is 10.6. The minimum absolute atomic E-state index is 0.00301. The van der Waals surface area contributed by atoms with Crippen LogP contribution in [0.4, 0.5) is 22.7 Å². The minimum atomic E-state index is -0.694. The van der Waals surface area contributed by atoms with Gasteiger partial charge in [-0.15, -0.1) is 0 Å². The molecule has 0 saturated carbocycles. The fraction of sp³-hybridized carbons (Fsp3) is 0.224. The van der Waals surface area contributed by atoms with Gasteiger partial charge in [0.2, 0.25) is 0 Å². The molecule has 0 spiro atoms. The van der Waals surface area contributed by atoms with Gasteiger partial charge >= 0.3 is 0 Å². The van der Waals surface area contributed by atoms with Crippen molar-refractivity contribution >= 4 is 44.6 Å². The zero-order valence-corrected chi connectivity index (χ0v) is 47.4. The summed E-state index contributed by atoms with van der Waals surface area (Å²) in [5, 5.41) is 0.923. The van der Waals surface area contributed by atoms with Gasteiger partial charge < -0.3 is 14.5 Å². The summed E-state index contributed by atoms with van der Waals surface area (Å²) in [6, 6.07) is 31.6. The Labute approximate surface area is 500 Å². The summed E-state index contributed by atoms with van der Waals surface area (Å²) in [4.78, 5) is 8.87. The van der Waals surface area contributed by atoms with E-state index in [4.69, 9.17) is 17.9 Å². The van der Waals surface area contributed by atoms with Crippen molar-refractivity contribution in [3.63, 3.8) is 0 Å². The molecule has 0 atom stereocenters. The normalized spacial score (nSPS) is 17.4. The molecule has 0 N–H and O–H groups in total. The van der Waals surface area contributed by atoms with Crippen molar-refractivity contribution in [3.8, 4) is 61.8 Å². The summed E-state index contributed by atoms with van der Waals surface area (Å²) >= 11 is 0. The van der Waals surface area contributed by atoms with E-state index in [-0.39, 0.29) is 105 Å². The molecule has 0 unspecified atom stereocenters. The summed E-state index contributed by atoms with van der Waals surface area (Å²) in [5.74, 6) is 1.30. The van der Waals surface area contributed by atoms with Crippen LogP contribution in [0, 0.1) is 0 Å². The third kappa shape index (κ3) is 9.46. The van der Waals surface area contributed by atoms with E-state index in [1.54, 1.807) is 53.2 Å². The van der Waals surface area contributed by atoms with Gasteiger partial charge in [0.1, 0.15) is 24.0 Å². The van der Waals surface area contributed by atoms with Crippen molar-refractivity contribution in [1.82, 2.24) is 9.55 Å². The first-order valence-corrected chi connectivity index (χ1v) is 27.7. The Morgan fingerprint density at radius 1 is 0.481 bits per heavy atom. The lowest BCUT2D eigenvalue weighted by Crippen LogP contribution is -2.33. The van der Waals surface area contributed by atoms with Crippen LogP contribution in [0.3, 0.4) is 0 Å². The zero-order chi connectivity index (χ0) is 69.1. The summed E-state index contributed by atoms with van der Waals surface area (Å²) in [5.41, 5.74) is 4.68. The van der Waals surface area contributed by atoms with Crippen LogP contribution in [0.5, 0.6) is 11.5 Å². The number of rotatable bonds is 9. The zero-order valence-electron chi connectivity index (χ0n) is 62.4. The van der Waals surface area contributed by atoms with Gasteiger partial charge in [0.25, 0.3) is 0 Å². The van der Waals surface area contributed by atoms with E-state index < -0.39 is 52.5 Å². The molecular formula is C76H72N4O. The molecule has 81 heavy (non-hydrogen) atoms. The molecule has 0 radical (unpaired) electrons. The lowest BCUT2D eigenvalue weighted by molar-refractivity contribution is 0.332. The summed E-state index contributed by atoms with van der Waals surface area (Å²) in [6.07, 6.45) is 3.15. The molecule has 0 bridgehead atoms. The third-order valence-electron chi connectivity index (χ3n) is 16.2. The number of hydrogen-bond acceptors (Lipinski definition) is 4. The number of para-hydroxylation sites is 3. The molecule has 2 aromatic heterocycles. The first-order valence-electron chi connectivity index (χ1n) is 35.2. The van der Waals surface area contributed by atoms with Crippen molar-refractivity contribution in [2.45, 2.75) is 104 Å². The lowest BCUT2D eigenvalue weighted by Gasteiger charge is -2.42. The van der Waals surface area contributed by atoms with E-state index in [1.165, 1.54) is 0 Å². The van der Waals surface area contributed by atoms with Crippen molar-refractivity contribution in [2.75, 3.05) is 16.5 Å². The van der Waals surface area contributed by atoms with Crippen LogP contribution in [0.1, 0.15) is 125 Å². The highest BCUT2D eigenvalue weighted by atomic mass is 16.5. The largest absolute Gasteiger partial charge is 0.457 e. The molecule has 0 fully saturated rings. The van der Waals surface area contributed by atoms with Crippen LogP contribution in [-0.4, -0.2) is 16.2 Å². The van der Waals surface area contributed by atoms with Gasteiger partial charge in [-0.25, -0.2) is 4.98 Å². The number of ether oxygens (including phenoxy) is 1. The van der Waals surface area contributed by atoms with Gasteiger partial charge in [-0.1, -0.05) is 184 Å². The first kappa shape index (κ1) is 37.3. The van der Waals surface area contributed by atoms with E-state index in [0.29, 0.717) is 84.9 Å². The summed E-state index contributed by atoms with van der Waals surface area (Å²) in [6.45, 7) is 20.6. The number of benzene rings is 9. The molecule has 5 heteroatoms. The second-order valence-corrected chi connectivity index (χ2v) is 24.8. The van der Waals surface area contributed by atoms with Crippen LogP contribution in [0.2, 0.25) is 0 Å². The maximum Gasteiger partial charge on any atom is 0.137 e. The Balaban J connectivity index is 1.06. The number of pyridine rings is 1. The van der Waals surface area contributed by atoms with Crippen LogP contribution < -0.4 is 14.5 Å². The highest BCUT2D eigenvalue weighted by Crippen LogP contribution is 2.54. The standard InChI is InChI=1S/C76H72N4O/c1-73(2,3)56-36-39-77-71(46-56)80-67-29-18-17-28-61(67)62-34-33-60(48-70(62)80)81-59-27-21-26-58(47-59)78-49-79(69-31-20-19-30-68(69)78)72-63(52-32-35-65-66(43-52)76(9,10)38-37-75(65,7)8)44-57(74(4,5)6)45-64(72)55-41-53(50-22-13-11-14-23-50)40-54(42-55)51-24-15-12-16-25-51/h11-36,39-48H,37-38,49H2,1-10H3/i11D,13D,14D,17D,18D,22D,23D,28D,29D,32D,35D,40D,41D,42D,43D. The Hall–Kier alpha value is -8.67. The Bertz CT molecular complexity index is 5100. The summed E-state index contributed by atoms with van der Waals surface area (Å²) in [7, 11) is 0. The van der Waals surface area contributed by atoms with Crippen molar-refractivity contribution in [2.24, 2.45) is 0 Å². The van der Waals surface area contributed by atoms with Crippen molar-refractivity contribution in [3.05, 3.63) is 240 Å². The SMILES string of the molecule is [2H]c1c([2H])c([2H])c(-c2c([2H])c(-c3ccccc3)c([2H])c(-c3cc(C(C)(C)C)cc(-c4c([2H])c([2H])c5c(c4[2H])C(C)(C)CCC5(C)C)c3N3CN(c4cccc(Oc5ccc6c7c([2H])c([2H])c([2H])c([2H])c7n(-c7cc(C(C)(C)C)ccn7)c6c5)c4)c4ccccc43)c2[2H])c([2H])c1[2H]. The molecule has 3 heterocycles. The molecule has 0 amide bonds. The average Bonchev–Trinajstić information content (AvgIpc) is 1.15. The molecular weight excluding hydrogens is 985 g/mol. The van der Waals surface area contributed by atoms with E-state index in [0.717, 1.165) is 17.7 Å². The second-order valence-electron chi connectivity index (χ2n) is 24.8. The first-order chi connectivity index (χ1) is 45.2. The van der Waals surface area contributed by atoms with E-state index in [9.17, 15) is 12.3 Å². The Kier molecular flexibility index (Phi) is 9.00. The molecule has 402 valence electrons. The topological polar surface area (TPSA) is 33.5 Å². The number of fused-ring (bicyclic) bond motifs is 5. The molecule has 1 aliphatic carbocycles.